The summed E-state index contributed by atoms with van der Waals surface area (Å²) in [5, 5.41) is 18.6. The van der Waals surface area contributed by atoms with E-state index >= 15 is 0 Å². The molecule has 0 atom stereocenters. The van der Waals surface area contributed by atoms with Crippen LogP contribution >= 0.6 is 0 Å². The molecule has 3 N–H and O–H groups in total. The van der Waals surface area contributed by atoms with Crippen LogP contribution in [0.4, 0.5) is 10.5 Å². The van der Waals surface area contributed by atoms with E-state index in [4.69, 9.17) is 5.11 Å². The first-order valence-electron chi connectivity index (χ1n) is 6.75. The van der Waals surface area contributed by atoms with Crippen molar-refractivity contribution in [2.24, 2.45) is 5.41 Å². The van der Waals surface area contributed by atoms with Gasteiger partial charge in [0.1, 0.15) is 0 Å². The first-order valence-corrected chi connectivity index (χ1v) is 6.75. The van der Waals surface area contributed by atoms with Crippen molar-refractivity contribution in [3.05, 3.63) is 12.4 Å². The monoisotopic (exact) mass is 280 g/mol. The van der Waals surface area contributed by atoms with E-state index in [1.807, 2.05) is 13.8 Å². The lowest BCUT2D eigenvalue weighted by atomic mass is 9.69. The van der Waals surface area contributed by atoms with E-state index in [-0.39, 0.29) is 12.6 Å². The number of anilines is 1. The molecule has 7 heteroatoms. The Balaban J connectivity index is 1.84. The zero-order valence-corrected chi connectivity index (χ0v) is 11.7. The van der Waals surface area contributed by atoms with E-state index < -0.39 is 17.4 Å². The highest BCUT2D eigenvalue weighted by molar-refractivity contribution is 5.89. The maximum absolute atomic E-state index is 11.7. The zero-order valence-electron chi connectivity index (χ0n) is 11.7. The van der Waals surface area contributed by atoms with Crippen molar-refractivity contribution in [3.8, 4) is 0 Å². The largest absolute Gasteiger partial charge is 0.481 e. The predicted molar refractivity (Wildman–Crippen MR) is 73.6 cm³/mol. The van der Waals surface area contributed by atoms with Crippen molar-refractivity contribution >= 4 is 17.7 Å². The highest BCUT2D eigenvalue weighted by Crippen LogP contribution is 2.40. The third-order valence-electron chi connectivity index (χ3n) is 3.74. The highest BCUT2D eigenvalue weighted by Gasteiger charge is 2.44. The molecule has 0 aromatic carbocycles. The second-order valence-electron chi connectivity index (χ2n) is 5.55. The number of aliphatic carboxylic acids is 1. The summed E-state index contributed by atoms with van der Waals surface area (Å²) in [4.78, 5) is 22.9. The molecule has 20 heavy (non-hydrogen) atoms. The quantitative estimate of drug-likeness (QED) is 0.766. The van der Waals surface area contributed by atoms with E-state index in [9.17, 15) is 9.59 Å². The van der Waals surface area contributed by atoms with Crippen molar-refractivity contribution in [1.82, 2.24) is 15.1 Å². The zero-order chi connectivity index (χ0) is 14.8. The van der Waals surface area contributed by atoms with Gasteiger partial charge in [-0.3, -0.25) is 9.48 Å². The lowest BCUT2D eigenvalue weighted by Crippen LogP contribution is -2.48. The van der Waals surface area contributed by atoms with Gasteiger partial charge in [0.25, 0.3) is 0 Å². The number of rotatable bonds is 5. The predicted octanol–water partition coefficient (Wildman–Crippen LogP) is 1.84. The first-order chi connectivity index (χ1) is 9.43. The molecular weight excluding hydrogens is 260 g/mol. The van der Waals surface area contributed by atoms with E-state index in [0.29, 0.717) is 18.5 Å². The summed E-state index contributed by atoms with van der Waals surface area (Å²) in [5.41, 5.74) is -0.186. The molecule has 1 aromatic heterocycles. The number of nitrogens with zero attached hydrogens (tertiary/aromatic N) is 2. The first kappa shape index (κ1) is 14.4. The number of amides is 2. The molecule has 1 fully saturated rings. The summed E-state index contributed by atoms with van der Waals surface area (Å²) in [5.74, 6) is -0.836. The summed E-state index contributed by atoms with van der Waals surface area (Å²) in [7, 11) is 0. The summed E-state index contributed by atoms with van der Waals surface area (Å²) in [6.07, 6.45) is 5.44. The summed E-state index contributed by atoms with van der Waals surface area (Å²) in [6, 6.07) is -0.181. The number of hydrogen-bond donors (Lipinski definition) is 3. The standard InChI is InChI=1S/C13H20N4O3/c1-9(2)17-7-10(6-15-17)16-12(20)14-8-13(11(18)19)4-3-5-13/h6-7,9H,3-5,8H2,1-2H3,(H,18,19)(H2,14,16,20). The number of carbonyl (C=O) groups is 2. The van der Waals surface area contributed by atoms with Crippen LogP contribution in [0.2, 0.25) is 0 Å². The van der Waals surface area contributed by atoms with Crippen LogP contribution in [-0.4, -0.2) is 33.4 Å². The fourth-order valence-corrected chi connectivity index (χ4v) is 2.18. The summed E-state index contributed by atoms with van der Waals surface area (Å²) < 4.78 is 1.74. The minimum absolute atomic E-state index is 0.159. The van der Waals surface area contributed by atoms with Gasteiger partial charge in [0.2, 0.25) is 0 Å². The van der Waals surface area contributed by atoms with Crippen molar-refractivity contribution < 1.29 is 14.7 Å². The normalized spacial score (nSPS) is 16.6. The molecule has 0 unspecified atom stereocenters. The number of carboxylic acids is 1. The van der Waals surface area contributed by atoms with Gasteiger partial charge in [-0.15, -0.1) is 0 Å². The third kappa shape index (κ3) is 2.92. The van der Waals surface area contributed by atoms with Crippen LogP contribution in [-0.2, 0) is 4.79 Å². The Labute approximate surface area is 117 Å². The summed E-state index contributed by atoms with van der Waals surface area (Å²) in [6.45, 7) is 4.14. The van der Waals surface area contributed by atoms with Gasteiger partial charge in [0.15, 0.2) is 0 Å². The van der Waals surface area contributed by atoms with E-state index in [1.54, 1.807) is 17.1 Å². The topological polar surface area (TPSA) is 96.2 Å². The molecule has 0 bridgehead atoms. The van der Waals surface area contributed by atoms with Crippen LogP contribution in [0.1, 0.15) is 39.2 Å². The number of hydrogen-bond acceptors (Lipinski definition) is 3. The van der Waals surface area contributed by atoms with Gasteiger partial charge in [0, 0.05) is 18.8 Å². The molecule has 1 aliphatic rings. The molecule has 0 aliphatic heterocycles. The van der Waals surface area contributed by atoms with Crippen molar-refractivity contribution in [1.29, 1.82) is 0 Å². The van der Waals surface area contributed by atoms with Crippen LogP contribution in [0.15, 0.2) is 12.4 Å². The van der Waals surface area contributed by atoms with Crippen LogP contribution in [0.5, 0.6) is 0 Å². The van der Waals surface area contributed by atoms with Crippen molar-refractivity contribution in [3.63, 3.8) is 0 Å². The molecule has 1 heterocycles. The molecule has 110 valence electrons. The lowest BCUT2D eigenvalue weighted by molar-refractivity contribution is -0.153. The van der Waals surface area contributed by atoms with Gasteiger partial charge in [-0.25, -0.2) is 4.79 Å². The Bertz CT molecular complexity index is 505. The molecule has 0 saturated heterocycles. The lowest BCUT2D eigenvalue weighted by Gasteiger charge is -2.37. The minimum atomic E-state index is -0.836. The molecule has 1 saturated carbocycles. The second kappa shape index (κ2) is 5.52. The fraction of sp³-hybridized carbons (Fsp3) is 0.615. The van der Waals surface area contributed by atoms with E-state index in [1.165, 1.54) is 0 Å². The van der Waals surface area contributed by atoms with E-state index in [0.717, 1.165) is 6.42 Å². The Morgan fingerprint density at radius 3 is 2.65 bits per heavy atom. The SMILES string of the molecule is CC(C)n1cc(NC(=O)NCC2(C(=O)O)CCC2)cn1. The molecular formula is C13H20N4O3. The number of aromatic nitrogens is 2. The average Bonchev–Trinajstić information content (AvgIpc) is 2.75. The van der Waals surface area contributed by atoms with Crippen molar-refractivity contribution in [2.75, 3.05) is 11.9 Å². The molecule has 2 rings (SSSR count). The Kier molecular flexibility index (Phi) is 3.96. The Hall–Kier alpha value is -2.05. The van der Waals surface area contributed by atoms with Crippen molar-refractivity contribution in [2.45, 2.75) is 39.2 Å². The number of carboxylic acid groups (broad SMARTS) is 1. The minimum Gasteiger partial charge on any atom is -0.481 e. The maximum atomic E-state index is 11.7. The van der Waals surface area contributed by atoms with Gasteiger partial charge < -0.3 is 15.7 Å². The molecule has 2 amide bonds. The van der Waals surface area contributed by atoms with Gasteiger partial charge in [-0.2, -0.15) is 5.10 Å². The van der Waals surface area contributed by atoms with Gasteiger partial charge in [0.05, 0.1) is 17.3 Å². The van der Waals surface area contributed by atoms with Gasteiger partial charge in [-0.1, -0.05) is 6.42 Å². The number of nitrogens with one attached hydrogen (secondary N) is 2. The molecule has 0 spiro atoms. The van der Waals surface area contributed by atoms with Crippen LogP contribution in [0.3, 0.4) is 0 Å². The van der Waals surface area contributed by atoms with Crippen LogP contribution in [0, 0.1) is 5.41 Å². The summed E-state index contributed by atoms with van der Waals surface area (Å²) >= 11 is 0. The Morgan fingerprint density at radius 1 is 1.50 bits per heavy atom. The average molecular weight is 280 g/mol. The molecule has 7 nitrogen and oxygen atoms in total. The van der Waals surface area contributed by atoms with Crippen LogP contribution in [0.25, 0.3) is 0 Å². The Morgan fingerprint density at radius 2 is 2.20 bits per heavy atom. The van der Waals surface area contributed by atoms with Crippen LogP contribution < -0.4 is 10.6 Å². The molecule has 0 radical (unpaired) electrons. The molecule has 1 aliphatic carbocycles. The fourth-order valence-electron chi connectivity index (χ4n) is 2.18. The van der Waals surface area contributed by atoms with Gasteiger partial charge >= 0.3 is 12.0 Å². The number of urea groups is 1. The van der Waals surface area contributed by atoms with Gasteiger partial charge in [-0.05, 0) is 26.7 Å². The third-order valence-corrected chi connectivity index (χ3v) is 3.74. The maximum Gasteiger partial charge on any atom is 0.319 e. The second-order valence-corrected chi connectivity index (χ2v) is 5.55. The number of carbonyl (C=O) groups excluding carboxylic acids is 1. The molecule has 1 aromatic rings. The highest BCUT2D eigenvalue weighted by atomic mass is 16.4. The smallest absolute Gasteiger partial charge is 0.319 e. The van der Waals surface area contributed by atoms with E-state index in [2.05, 4.69) is 15.7 Å².